The third-order valence-electron chi connectivity index (χ3n) is 3.29. The Balaban J connectivity index is 2.15. The van der Waals surface area contributed by atoms with Crippen molar-refractivity contribution in [3.8, 4) is 11.3 Å². The van der Waals surface area contributed by atoms with Gasteiger partial charge in [-0.05, 0) is 37.0 Å². The smallest absolute Gasteiger partial charge is 0.235 e. The van der Waals surface area contributed by atoms with Gasteiger partial charge >= 0.3 is 0 Å². The number of halogens is 1. The van der Waals surface area contributed by atoms with Crippen molar-refractivity contribution in [3.63, 3.8) is 0 Å². The average molecular weight is 241 g/mol. The quantitative estimate of drug-likeness (QED) is 0.699. The van der Waals surface area contributed by atoms with Gasteiger partial charge in [0.25, 0.3) is 0 Å². The van der Waals surface area contributed by atoms with Crippen LogP contribution in [0.2, 0.25) is 0 Å². The third kappa shape index (κ3) is 1.68. The second-order valence-electron chi connectivity index (χ2n) is 4.44. The van der Waals surface area contributed by atoms with Crippen LogP contribution >= 0.6 is 0 Å². The molecule has 0 bridgehead atoms. The lowest BCUT2D eigenvalue weighted by Crippen LogP contribution is -2.10. The van der Waals surface area contributed by atoms with E-state index >= 15 is 0 Å². The van der Waals surface area contributed by atoms with Crippen molar-refractivity contribution in [2.45, 2.75) is 25.8 Å². The number of nitrogens with zero attached hydrogens (tertiary/aromatic N) is 3. The highest BCUT2D eigenvalue weighted by Crippen LogP contribution is 2.35. The largest absolute Gasteiger partial charge is 0.281 e. The molecule has 0 saturated carbocycles. The molecule has 4 heteroatoms. The van der Waals surface area contributed by atoms with Gasteiger partial charge in [0.15, 0.2) is 0 Å². The van der Waals surface area contributed by atoms with Gasteiger partial charge in [-0.3, -0.25) is 4.68 Å². The standard InChI is InChI=1S/C14H12FN3/c1-16-14-12-4-2-3-9-18(12)17-13(14)10-5-7-11(15)8-6-10/h5-8H,2-4,9H2. The first-order valence-corrected chi connectivity index (χ1v) is 6.02. The molecule has 18 heavy (non-hydrogen) atoms. The van der Waals surface area contributed by atoms with Crippen LogP contribution in [-0.2, 0) is 13.0 Å². The first-order chi connectivity index (χ1) is 8.79. The fourth-order valence-electron chi connectivity index (χ4n) is 2.39. The Morgan fingerprint density at radius 1 is 1.22 bits per heavy atom. The van der Waals surface area contributed by atoms with Gasteiger partial charge in [0.2, 0.25) is 5.69 Å². The predicted molar refractivity (Wildman–Crippen MR) is 66.8 cm³/mol. The van der Waals surface area contributed by atoms with Gasteiger partial charge in [-0.2, -0.15) is 5.10 Å². The molecule has 0 unspecified atom stereocenters. The first-order valence-electron chi connectivity index (χ1n) is 6.02. The normalized spacial score (nSPS) is 14.0. The average Bonchev–Trinajstić information content (AvgIpc) is 2.78. The molecule has 2 aromatic rings. The molecule has 2 heterocycles. The van der Waals surface area contributed by atoms with Gasteiger partial charge in [-0.1, -0.05) is 12.1 Å². The summed E-state index contributed by atoms with van der Waals surface area (Å²) in [5.41, 5.74) is 3.14. The number of fused-ring (bicyclic) bond motifs is 1. The Kier molecular flexibility index (Phi) is 2.60. The fraction of sp³-hybridized carbons (Fsp3) is 0.286. The van der Waals surface area contributed by atoms with Gasteiger partial charge in [-0.25, -0.2) is 9.24 Å². The van der Waals surface area contributed by atoms with E-state index in [0.717, 1.165) is 37.1 Å². The molecule has 3 nitrogen and oxygen atoms in total. The summed E-state index contributed by atoms with van der Waals surface area (Å²) in [6.07, 6.45) is 3.12. The molecule has 1 aliphatic heterocycles. The summed E-state index contributed by atoms with van der Waals surface area (Å²) < 4.78 is 14.9. The van der Waals surface area contributed by atoms with Crippen LogP contribution in [0.25, 0.3) is 16.1 Å². The Morgan fingerprint density at radius 3 is 2.72 bits per heavy atom. The van der Waals surface area contributed by atoms with E-state index in [9.17, 15) is 4.39 Å². The van der Waals surface area contributed by atoms with Crippen molar-refractivity contribution in [2.75, 3.05) is 0 Å². The predicted octanol–water partition coefficient (Wildman–Crippen LogP) is 3.58. The van der Waals surface area contributed by atoms with Crippen molar-refractivity contribution in [1.82, 2.24) is 9.78 Å². The van der Waals surface area contributed by atoms with E-state index in [1.807, 2.05) is 4.68 Å². The van der Waals surface area contributed by atoms with Crippen molar-refractivity contribution in [1.29, 1.82) is 0 Å². The number of benzene rings is 1. The molecular formula is C14H12FN3. The Labute approximate surface area is 105 Å². The van der Waals surface area contributed by atoms with Crippen LogP contribution in [0.15, 0.2) is 24.3 Å². The van der Waals surface area contributed by atoms with E-state index in [0.29, 0.717) is 11.4 Å². The maximum absolute atomic E-state index is 12.9. The molecule has 0 saturated heterocycles. The monoisotopic (exact) mass is 241 g/mol. The van der Waals surface area contributed by atoms with Gasteiger partial charge < -0.3 is 0 Å². The molecule has 0 amide bonds. The topological polar surface area (TPSA) is 22.2 Å². The minimum absolute atomic E-state index is 0.271. The number of hydrogen-bond acceptors (Lipinski definition) is 1. The minimum Gasteiger partial charge on any atom is -0.281 e. The van der Waals surface area contributed by atoms with Crippen LogP contribution in [0, 0.1) is 12.4 Å². The summed E-state index contributed by atoms with van der Waals surface area (Å²) in [7, 11) is 0. The maximum Gasteiger partial charge on any atom is 0.235 e. The molecule has 0 atom stereocenters. The van der Waals surface area contributed by atoms with E-state index < -0.39 is 0 Å². The Bertz CT molecular complexity index is 620. The zero-order valence-corrected chi connectivity index (χ0v) is 9.86. The highest BCUT2D eigenvalue weighted by Gasteiger charge is 2.21. The summed E-state index contributed by atoms with van der Waals surface area (Å²) in [6, 6.07) is 6.17. The molecule has 0 radical (unpaired) electrons. The lowest BCUT2D eigenvalue weighted by atomic mass is 10.1. The SMILES string of the molecule is [C-]#[N+]c1c(-c2ccc(F)cc2)nn2c1CCCC2. The second-order valence-corrected chi connectivity index (χ2v) is 4.44. The van der Waals surface area contributed by atoms with E-state index in [-0.39, 0.29) is 5.82 Å². The summed E-state index contributed by atoms with van der Waals surface area (Å²) in [5.74, 6) is -0.271. The number of aromatic nitrogens is 2. The fourth-order valence-corrected chi connectivity index (χ4v) is 2.39. The van der Waals surface area contributed by atoms with Crippen LogP contribution in [0.1, 0.15) is 18.5 Å². The Hall–Kier alpha value is -2.15. The lowest BCUT2D eigenvalue weighted by molar-refractivity contribution is 0.488. The van der Waals surface area contributed by atoms with Crippen LogP contribution in [0.3, 0.4) is 0 Å². The molecule has 1 aliphatic rings. The maximum atomic E-state index is 12.9. The Morgan fingerprint density at radius 2 is 2.00 bits per heavy atom. The number of aryl methyl sites for hydroxylation is 1. The van der Waals surface area contributed by atoms with Crippen LogP contribution in [0.5, 0.6) is 0 Å². The highest BCUT2D eigenvalue weighted by atomic mass is 19.1. The number of rotatable bonds is 1. The molecule has 0 spiro atoms. The molecule has 0 aliphatic carbocycles. The van der Waals surface area contributed by atoms with Gasteiger partial charge in [-0.15, -0.1) is 0 Å². The van der Waals surface area contributed by atoms with Crippen molar-refractivity contribution in [2.24, 2.45) is 0 Å². The van der Waals surface area contributed by atoms with Crippen molar-refractivity contribution >= 4 is 5.69 Å². The molecule has 1 aromatic heterocycles. The van der Waals surface area contributed by atoms with Crippen LogP contribution in [0.4, 0.5) is 10.1 Å². The zero-order valence-electron chi connectivity index (χ0n) is 9.86. The molecular weight excluding hydrogens is 229 g/mol. The van der Waals surface area contributed by atoms with E-state index in [2.05, 4.69) is 9.94 Å². The van der Waals surface area contributed by atoms with E-state index in [1.54, 1.807) is 12.1 Å². The minimum atomic E-state index is -0.271. The first kappa shape index (κ1) is 11.0. The molecule has 0 N–H and O–H groups in total. The molecule has 3 rings (SSSR count). The highest BCUT2D eigenvalue weighted by molar-refractivity contribution is 5.77. The van der Waals surface area contributed by atoms with Gasteiger partial charge in [0.1, 0.15) is 5.82 Å². The third-order valence-corrected chi connectivity index (χ3v) is 3.29. The second kappa shape index (κ2) is 4.26. The van der Waals surface area contributed by atoms with Crippen molar-refractivity contribution < 1.29 is 4.39 Å². The molecule has 90 valence electrons. The van der Waals surface area contributed by atoms with Crippen LogP contribution < -0.4 is 0 Å². The molecule has 1 aromatic carbocycles. The van der Waals surface area contributed by atoms with Crippen molar-refractivity contribution in [3.05, 3.63) is 47.2 Å². The van der Waals surface area contributed by atoms with E-state index in [1.165, 1.54) is 12.1 Å². The summed E-state index contributed by atoms with van der Waals surface area (Å²) in [5, 5.41) is 4.50. The summed E-state index contributed by atoms with van der Waals surface area (Å²) in [4.78, 5) is 3.62. The zero-order chi connectivity index (χ0) is 12.5. The van der Waals surface area contributed by atoms with E-state index in [4.69, 9.17) is 6.57 Å². The van der Waals surface area contributed by atoms with Crippen LogP contribution in [-0.4, -0.2) is 9.78 Å². The van der Waals surface area contributed by atoms with Gasteiger partial charge in [0, 0.05) is 12.2 Å². The lowest BCUT2D eigenvalue weighted by Gasteiger charge is -2.12. The summed E-state index contributed by atoms with van der Waals surface area (Å²) >= 11 is 0. The van der Waals surface area contributed by atoms with Gasteiger partial charge in [0.05, 0.1) is 12.3 Å². The molecule has 0 fully saturated rings. The number of hydrogen-bond donors (Lipinski definition) is 0. The summed E-state index contributed by atoms with van der Waals surface area (Å²) in [6.45, 7) is 8.20.